The monoisotopic (exact) mass is 133 g/mol. The average Bonchev–Trinajstić information content (AvgIpc) is 2.05. The molecule has 0 bridgehead atoms. The summed E-state index contributed by atoms with van der Waals surface area (Å²) >= 11 is 0. The molecule has 51 valence electrons. The van der Waals surface area contributed by atoms with Crippen molar-refractivity contribution in [2.75, 3.05) is 6.54 Å². The summed E-state index contributed by atoms with van der Waals surface area (Å²) in [5, 5.41) is 7.38. The van der Waals surface area contributed by atoms with Crippen molar-refractivity contribution in [3.05, 3.63) is 35.8 Å². The number of nitrogens with zero attached hydrogens (tertiary/aromatic N) is 1. The lowest BCUT2D eigenvalue weighted by atomic mass is 10.1. The zero-order valence-electron chi connectivity index (χ0n) is 5.67. The van der Waals surface area contributed by atoms with Crippen molar-refractivity contribution in [1.29, 1.82) is 0 Å². The summed E-state index contributed by atoms with van der Waals surface area (Å²) in [5.74, 6) is 0. The van der Waals surface area contributed by atoms with Gasteiger partial charge in [0.2, 0.25) is 0 Å². The Morgan fingerprint density at radius 1 is 1.50 bits per heavy atom. The second-order valence-corrected chi connectivity index (χ2v) is 2.42. The molecule has 0 atom stereocenters. The number of hydrogen-bond acceptors (Lipinski definition) is 1. The van der Waals surface area contributed by atoms with E-state index in [0.29, 0.717) is 0 Å². The second-order valence-electron chi connectivity index (χ2n) is 2.42. The van der Waals surface area contributed by atoms with Crippen LogP contribution in [0.15, 0.2) is 35.8 Å². The van der Waals surface area contributed by atoms with Gasteiger partial charge in [-0.05, 0) is 24.3 Å². The smallest absolute Gasteiger partial charge is 0.0656 e. The zero-order chi connectivity index (χ0) is 6.81. The summed E-state index contributed by atoms with van der Waals surface area (Å²) in [6.45, 7) is 0.958. The van der Waals surface area contributed by atoms with Crippen LogP contribution in [0.3, 0.4) is 0 Å². The van der Waals surface area contributed by atoms with Gasteiger partial charge in [-0.3, -0.25) is 5.32 Å². The van der Waals surface area contributed by atoms with Crippen LogP contribution in [-0.2, 0) is 0 Å². The van der Waals surface area contributed by atoms with Gasteiger partial charge in [0.05, 0.1) is 5.70 Å². The molecule has 1 N–H and O–H groups in total. The van der Waals surface area contributed by atoms with Gasteiger partial charge >= 0.3 is 0 Å². The molecule has 1 radical (unpaired) electrons. The molecule has 0 amide bonds. The molecule has 0 aromatic heterocycles. The van der Waals surface area contributed by atoms with Gasteiger partial charge in [0.25, 0.3) is 0 Å². The Morgan fingerprint density at radius 2 is 2.50 bits per heavy atom. The SMILES string of the molecule is C1=C[N]C2=C(C1)CNC=C2. The summed E-state index contributed by atoms with van der Waals surface area (Å²) in [4.78, 5) is 0. The summed E-state index contributed by atoms with van der Waals surface area (Å²) in [6.07, 6.45) is 8.97. The molecule has 0 aliphatic carbocycles. The molecule has 0 aromatic carbocycles. The molecule has 0 spiro atoms. The average molecular weight is 133 g/mol. The number of hydrogen-bond donors (Lipinski definition) is 1. The molecular formula is C8H9N2. The minimum Gasteiger partial charge on any atom is -0.387 e. The largest absolute Gasteiger partial charge is 0.387 e. The topological polar surface area (TPSA) is 26.1 Å². The van der Waals surface area contributed by atoms with E-state index < -0.39 is 0 Å². The van der Waals surface area contributed by atoms with Crippen LogP contribution in [0.2, 0.25) is 0 Å². The van der Waals surface area contributed by atoms with E-state index in [4.69, 9.17) is 0 Å². The highest BCUT2D eigenvalue weighted by Crippen LogP contribution is 2.15. The standard InChI is InChI=1S/C8H9N2/c1-2-7-6-9-5-3-8(7)10-4-1/h1,3-5,9H,2,6H2. The summed E-state index contributed by atoms with van der Waals surface area (Å²) in [5.41, 5.74) is 2.53. The Kier molecular flexibility index (Phi) is 1.24. The van der Waals surface area contributed by atoms with Crippen molar-refractivity contribution in [3.8, 4) is 0 Å². The second kappa shape index (κ2) is 2.21. The summed E-state index contributed by atoms with van der Waals surface area (Å²) < 4.78 is 0. The van der Waals surface area contributed by atoms with Gasteiger partial charge in [-0.25, -0.2) is 0 Å². The van der Waals surface area contributed by atoms with E-state index in [9.17, 15) is 0 Å². The molecule has 0 fully saturated rings. The maximum Gasteiger partial charge on any atom is 0.0656 e. The lowest BCUT2D eigenvalue weighted by molar-refractivity contribution is 0.827. The lowest BCUT2D eigenvalue weighted by Gasteiger charge is -2.17. The third-order valence-corrected chi connectivity index (χ3v) is 1.72. The van der Waals surface area contributed by atoms with Crippen LogP contribution in [0, 0.1) is 0 Å². The van der Waals surface area contributed by atoms with Crippen LogP contribution in [0.25, 0.3) is 0 Å². The Balaban J connectivity index is 2.25. The highest BCUT2D eigenvalue weighted by Gasteiger charge is 2.08. The number of nitrogens with one attached hydrogen (secondary N) is 1. The first kappa shape index (κ1) is 5.59. The fourth-order valence-electron chi connectivity index (χ4n) is 1.17. The van der Waals surface area contributed by atoms with Crippen molar-refractivity contribution in [2.24, 2.45) is 0 Å². The minimum absolute atomic E-state index is 0.958. The van der Waals surface area contributed by atoms with Crippen LogP contribution in [0.5, 0.6) is 0 Å². The van der Waals surface area contributed by atoms with E-state index in [2.05, 4.69) is 16.7 Å². The molecule has 2 aliphatic heterocycles. The van der Waals surface area contributed by atoms with Crippen molar-refractivity contribution in [2.45, 2.75) is 6.42 Å². The molecule has 10 heavy (non-hydrogen) atoms. The van der Waals surface area contributed by atoms with Gasteiger partial charge < -0.3 is 5.32 Å². The highest BCUT2D eigenvalue weighted by atomic mass is 14.9. The van der Waals surface area contributed by atoms with Crippen LogP contribution < -0.4 is 10.6 Å². The molecule has 0 aromatic rings. The predicted octanol–water partition coefficient (Wildman–Crippen LogP) is 0.879. The van der Waals surface area contributed by atoms with Crippen LogP contribution in [-0.4, -0.2) is 6.54 Å². The molecule has 2 heteroatoms. The first-order chi connectivity index (χ1) is 4.97. The van der Waals surface area contributed by atoms with Gasteiger partial charge in [0.1, 0.15) is 0 Å². The van der Waals surface area contributed by atoms with Crippen molar-refractivity contribution in [1.82, 2.24) is 10.6 Å². The quantitative estimate of drug-likeness (QED) is 0.521. The molecule has 0 saturated heterocycles. The summed E-state index contributed by atoms with van der Waals surface area (Å²) in [7, 11) is 0. The third kappa shape index (κ3) is 0.817. The van der Waals surface area contributed by atoms with Gasteiger partial charge in [-0.1, -0.05) is 6.08 Å². The van der Waals surface area contributed by atoms with Gasteiger partial charge in [0.15, 0.2) is 0 Å². The fourth-order valence-corrected chi connectivity index (χ4v) is 1.17. The molecular weight excluding hydrogens is 124 g/mol. The maximum absolute atomic E-state index is 4.22. The van der Waals surface area contributed by atoms with Crippen molar-refractivity contribution in [3.63, 3.8) is 0 Å². The van der Waals surface area contributed by atoms with E-state index in [1.165, 1.54) is 5.57 Å². The molecule has 2 heterocycles. The van der Waals surface area contributed by atoms with Gasteiger partial charge in [-0.2, -0.15) is 0 Å². The zero-order valence-corrected chi connectivity index (χ0v) is 5.67. The molecule has 2 nitrogen and oxygen atoms in total. The number of rotatable bonds is 0. The van der Waals surface area contributed by atoms with Crippen molar-refractivity contribution >= 4 is 0 Å². The molecule has 0 unspecified atom stereocenters. The first-order valence-electron chi connectivity index (χ1n) is 3.44. The molecule has 2 rings (SSSR count). The van der Waals surface area contributed by atoms with E-state index >= 15 is 0 Å². The fraction of sp³-hybridized carbons (Fsp3) is 0.250. The van der Waals surface area contributed by atoms with Crippen molar-refractivity contribution < 1.29 is 0 Å². The summed E-state index contributed by atoms with van der Waals surface area (Å²) in [6, 6.07) is 0. The Hall–Kier alpha value is -1.18. The highest BCUT2D eigenvalue weighted by molar-refractivity contribution is 5.33. The Bertz CT molecular complexity index is 223. The van der Waals surface area contributed by atoms with Gasteiger partial charge in [0, 0.05) is 12.7 Å². The number of allylic oxidation sites excluding steroid dienone is 2. The van der Waals surface area contributed by atoms with E-state index in [0.717, 1.165) is 18.7 Å². The predicted molar refractivity (Wildman–Crippen MR) is 40.1 cm³/mol. The minimum atomic E-state index is 0.958. The molecule has 0 saturated carbocycles. The lowest BCUT2D eigenvalue weighted by Crippen LogP contribution is -2.19. The third-order valence-electron chi connectivity index (χ3n) is 1.72. The number of dihydropyridines is 1. The van der Waals surface area contributed by atoms with E-state index in [-0.39, 0.29) is 0 Å². The molecule has 2 aliphatic rings. The Morgan fingerprint density at radius 3 is 3.40 bits per heavy atom. The Labute approximate surface area is 60.3 Å². The first-order valence-corrected chi connectivity index (χ1v) is 3.44. The normalized spacial score (nSPS) is 21.6. The van der Waals surface area contributed by atoms with Crippen LogP contribution >= 0.6 is 0 Å². The van der Waals surface area contributed by atoms with Gasteiger partial charge in [-0.15, -0.1) is 0 Å². The van der Waals surface area contributed by atoms with Crippen LogP contribution in [0.4, 0.5) is 0 Å². The maximum atomic E-state index is 4.22. The van der Waals surface area contributed by atoms with E-state index in [1.807, 2.05) is 18.5 Å². The van der Waals surface area contributed by atoms with E-state index in [1.54, 1.807) is 0 Å². The van der Waals surface area contributed by atoms with Crippen LogP contribution in [0.1, 0.15) is 6.42 Å².